The topological polar surface area (TPSA) is 60.3 Å². The molecule has 17 heavy (non-hydrogen) atoms. The molecule has 0 saturated carbocycles. The Morgan fingerprint density at radius 3 is 2.41 bits per heavy atom. The first-order valence-electron chi connectivity index (χ1n) is 5.60. The van der Waals surface area contributed by atoms with Gasteiger partial charge in [-0.25, -0.2) is 0 Å². The van der Waals surface area contributed by atoms with E-state index in [0.29, 0.717) is 6.42 Å². The van der Waals surface area contributed by atoms with E-state index in [0.717, 1.165) is 12.8 Å². The maximum absolute atomic E-state index is 12.0. The maximum atomic E-state index is 12.0. The van der Waals surface area contributed by atoms with Gasteiger partial charge in [-0.05, 0) is 18.8 Å². The Bertz CT molecular complexity index is 313. The van der Waals surface area contributed by atoms with Crippen LogP contribution in [0, 0.1) is 11.3 Å². The molecule has 1 aliphatic rings. The molecular weight excluding hydrogens is 247 g/mol. The Kier molecular flexibility index (Phi) is 6.84. The molecule has 2 amide bonds. The molecule has 90 valence electrons. The van der Waals surface area contributed by atoms with E-state index in [1.165, 1.54) is 0 Å². The van der Waals surface area contributed by atoms with Crippen molar-refractivity contribution in [2.24, 2.45) is 11.3 Å². The average Bonchev–Trinajstić information content (AvgIpc) is 2.18. The van der Waals surface area contributed by atoms with Gasteiger partial charge in [0.25, 0.3) is 0 Å². The minimum atomic E-state index is -1.02. The van der Waals surface area contributed by atoms with Gasteiger partial charge in [0, 0.05) is 5.11 Å². The summed E-state index contributed by atoms with van der Waals surface area (Å²) in [5.74, 6) is -0.687. The van der Waals surface area contributed by atoms with Crippen molar-refractivity contribution in [3.8, 4) is 0 Å². The van der Waals surface area contributed by atoms with E-state index in [1.807, 2.05) is 20.8 Å². The summed E-state index contributed by atoms with van der Waals surface area (Å²) in [7, 11) is 0. The van der Waals surface area contributed by atoms with Crippen LogP contribution in [0.3, 0.4) is 0 Å². The molecule has 2 atom stereocenters. The molecule has 1 N–H and O–H groups in total. The number of carbonyl (C=O) groups excluding carboxylic acids is 2. The molecule has 0 bridgehead atoms. The van der Waals surface area contributed by atoms with E-state index in [2.05, 4.69) is 10.6 Å². The number of hydrogen-bond acceptors (Lipinski definition) is 3. The van der Waals surface area contributed by atoms with Crippen molar-refractivity contribution in [1.29, 1.82) is 0 Å². The Morgan fingerprint density at radius 2 is 2.00 bits per heavy atom. The summed E-state index contributed by atoms with van der Waals surface area (Å²) in [6, 6.07) is 0. The number of rotatable bonds is 4. The average molecular weight is 264 g/mol. The SMILES string of the molecule is CCCC(C)C1(CC)C(=O)[N-]C(=S)NC1=O.[Na+]. The van der Waals surface area contributed by atoms with Gasteiger partial charge in [0.05, 0.1) is 5.41 Å². The van der Waals surface area contributed by atoms with Crippen molar-refractivity contribution in [2.75, 3.05) is 0 Å². The van der Waals surface area contributed by atoms with Gasteiger partial charge in [0.15, 0.2) is 11.8 Å². The summed E-state index contributed by atoms with van der Waals surface area (Å²) < 4.78 is 0. The van der Waals surface area contributed by atoms with E-state index >= 15 is 0 Å². The van der Waals surface area contributed by atoms with Gasteiger partial charge in [-0.2, -0.15) is 0 Å². The fourth-order valence-electron chi connectivity index (χ4n) is 2.30. The Hall–Kier alpha value is 0.0300. The van der Waals surface area contributed by atoms with Gasteiger partial charge in [-0.1, -0.05) is 39.4 Å². The van der Waals surface area contributed by atoms with Crippen LogP contribution in [0.1, 0.15) is 40.0 Å². The van der Waals surface area contributed by atoms with E-state index in [4.69, 9.17) is 12.2 Å². The molecular formula is C11H17N2NaO2S. The fraction of sp³-hybridized carbons (Fsp3) is 0.727. The van der Waals surface area contributed by atoms with Crippen LogP contribution >= 0.6 is 12.2 Å². The quantitative estimate of drug-likeness (QED) is 0.408. The van der Waals surface area contributed by atoms with Crippen molar-refractivity contribution in [1.82, 2.24) is 5.32 Å². The molecule has 0 aromatic rings. The monoisotopic (exact) mass is 264 g/mol. The molecule has 0 spiro atoms. The van der Waals surface area contributed by atoms with Gasteiger partial charge in [0.1, 0.15) is 0 Å². The van der Waals surface area contributed by atoms with Crippen LogP contribution in [0.4, 0.5) is 0 Å². The number of hydrogen-bond donors (Lipinski definition) is 1. The zero-order valence-electron chi connectivity index (χ0n) is 10.9. The van der Waals surface area contributed by atoms with Gasteiger partial charge in [-0.15, -0.1) is 0 Å². The van der Waals surface area contributed by atoms with Gasteiger partial charge >= 0.3 is 29.6 Å². The molecule has 2 unspecified atom stereocenters. The molecule has 1 saturated heterocycles. The summed E-state index contributed by atoms with van der Waals surface area (Å²) >= 11 is 4.74. The summed E-state index contributed by atoms with van der Waals surface area (Å²) in [6.07, 6.45) is 2.23. The molecule has 0 aromatic carbocycles. The van der Waals surface area contributed by atoms with Crippen LogP contribution in [0.5, 0.6) is 0 Å². The Balaban J connectivity index is 0.00000256. The van der Waals surface area contributed by atoms with Crippen LogP contribution < -0.4 is 34.9 Å². The molecule has 1 heterocycles. The van der Waals surface area contributed by atoms with Crippen LogP contribution in [0.25, 0.3) is 5.32 Å². The van der Waals surface area contributed by atoms with Gasteiger partial charge < -0.3 is 10.6 Å². The van der Waals surface area contributed by atoms with Crippen molar-refractivity contribution in [3.05, 3.63) is 5.32 Å². The number of nitrogens with one attached hydrogen (secondary N) is 1. The third kappa shape index (κ3) is 3.08. The summed E-state index contributed by atoms with van der Waals surface area (Å²) in [5, 5.41) is 6.21. The summed E-state index contributed by atoms with van der Waals surface area (Å²) in [4.78, 5) is 24.0. The summed E-state index contributed by atoms with van der Waals surface area (Å²) in [5.41, 5.74) is -1.02. The van der Waals surface area contributed by atoms with Gasteiger partial charge in [0.2, 0.25) is 0 Å². The minimum Gasteiger partial charge on any atom is -0.418 e. The first kappa shape index (κ1) is 17.0. The van der Waals surface area contributed by atoms with Crippen molar-refractivity contribution < 1.29 is 39.1 Å². The van der Waals surface area contributed by atoms with Crippen LogP contribution in [-0.2, 0) is 9.59 Å². The van der Waals surface area contributed by atoms with Crippen LogP contribution in [0.2, 0.25) is 0 Å². The van der Waals surface area contributed by atoms with Crippen LogP contribution in [-0.4, -0.2) is 16.9 Å². The van der Waals surface area contributed by atoms with E-state index in [1.54, 1.807) is 0 Å². The van der Waals surface area contributed by atoms with E-state index in [-0.39, 0.29) is 52.4 Å². The predicted molar refractivity (Wildman–Crippen MR) is 65.9 cm³/mol. The number of thiocarbonyl (C=S) groups is 1. The molecule has 0 aromatic heterocycles. The van der Waals surface area contributed by atoms with E-state index < -0.39 is 5.41 Å². The third-order valence-electron chi connectivity index (χ3n) is 3.33. The summed E-state index contributed by atoms with van der Waals surface area (Å²) in [6.45, 7) is 5.80. The number of amides is 2. The Morgan fingerprint density at radius 1 is 1.41 bits per heavy atom. The fourth-order valence-corrected chi connectivity index (χ4v) is 2.48. The zero-order valence-corrected chi connectivity index (χ0v) is 13.7. The standard InChI is InChI=1S/C11H18N2O2S.Na/c1-4-6-7(3)11(5-2)8(14)12-10(16)13-9(11)15;/h7H,4-6H2,1-3H3,(H2,12,13,14,15,16);/q;+1/p-1. The first-order valence-corrected chi connectivity index (χ1v) is 6.01. The largest absolute Gasteiger partial charge is 1.00 e. The van der Waals surface area contributed by atoms with Gasteiger partial charge in [-0.3, -0.25) is 9.59 Å². The number of nitrogens with zero attached hydrogens (tertiary/aromatic N) is 1. The third-order valence-corrected chi connectivity index (χ3v) is 3.52. The van der Waals surface area contributed by atoms with Crippen molar-refractivity contribution >= 4 is 29.1 Å². The van der Waals surface area contributed by atoms with Crippen molar-refractivity contribution in [3.63, 3.8) is 0 Å². The zero-order chi connectivity index (χ0) is 12.3. The molecule has 1 fully saturated rings. The predicted octanol–water partition coefficient (Wildman–Crippen LogP) is -0.862. The first-order chi connectivity index (χ1) is 7.48. The molecule has 6 heteroatoms. The molecule has 4 nitrogen and oxygen atoms in total. The molecule has 0 aliphatic carbocycles. The smallest absolute Gasteiger partial charge is 0.418 e. The maximum Gasteiger partial charge on any atom is 1.00 e. The van der Waals surface area contributed by atoms with Crippen LogP contribution in [0.15, 0.2) is 0 Å². The second kappa shape index (κ2) is 6.83. The Labute approximate surface area is 130 Å². The minimum absolute atomic E-state index is 0. The normalized spacial score (nSPS) is 25.7. The molecule has 0 radical (unpaired) electrons. The second-order valence-electron chi connectivity index (χ2n) is 4.19. The van der Waals surface area contributed by atoms with E-state index in [9.17, 15) is 9.59 Å². The molecule has 1 rings (SSSR count). The second-order valence-corrected chi connectivity index (χ2v) is 4.58. The molecule has 1 aliphatic heterocycles. The number of carbonyl (C=O) groups is 2. The van der Waals surface area contributed by atoms with Crippen molar-refractivity contribution in [2.45, 2.75) is 40.0 Å².